The van der Waals surface area contributed by atoms with Gasteiger partial charge in [0.2, 0.25) is 0 Å². The zero-order valence-corrected chi connectivity index (χ0v) is 7.70. The van der Waals surface area contributed by atoms with Gasteiger partial charge >= 0.3 is 0 Å². The Bertz CT molecular complexity index is 342. The third-order valence-corrected chi connectivity index (χ3v) is 1.70. The molecule has 0 bridgehead atoms. The van der Waals surface area contributed by atoms with E-state index in [9.17, 15) is 0 Å². The molecule has 1 aromatic rings. The molecule has 2 N–H and O–H groups in total. The van der Waals surface area contributed by atoms with Gasteiger partial charge in [0, 0.05) is 11.6 Å². The summed E-state index contributed by atoms with van der Waals surface area (Å²) < 4.78 is 0. The van der Waals surface area contributed by atoms with Crippen LogP contribution >= 0.6 is 0 Å². The van der Waals surface area contributed by atoms with E-state index in [1.54, 1.807) is 0 Å². The first-order valence-electron chi connectivity index (χ1n) is 4.23. The lowest BCUT2D eigenvalue weighted by Gasteiger charge is -1.98. The van der Waals surface area contributed by atoms with Crippen molar-refractivity contribution >= 4 is 6.08 Å². The summed E-state index contributed by atoms with van der Waals surface area (Å²) in [5.74, 6) is 2.63. The smallest absolute Gasteiger partial charge is 0.0314 e. The zero-order chi connectivity index (χ0) is 9.68. The average Bonchev–Trinajstić information content (AvgIpc) is 2.15. The maximum absolute atomic E-state index is 5.59. The van der Waals surface area contributed by atoms with Gasteiger partial charge in [-0.3, -0.25) is 0 Å². The van der Waals surface area contributed by atoms with Gasteiger partial charge in [-0.15, -0.1) is 6.42 Å². The summed E-state index contributed by atoms with van der Waals surface area (Å²) in [4.78, 5) is 0. The highest BCUT2D eigenvalue weighted by Crippen LogP contribution is 2.09. The first-order valence-corrected chi connectivity index (χ1v) is 4.23. The van der Waals surface area contributed by atoms with E-state index in [1.807, 2.05) is 43.3 Å². The Kier molecular flexibility index (Phi) is 3.31. The molecular weight excluding hydrogens is 158 g/mol. The lowest BCUT2D eigenvalue weighted by Crippen LogP contribution is -2.09. The molecule has 1 unspecified atom stereocenters. The largest absolute Gasteiger partial charge is 0.325 e. The number of terminal acetylenes is 1. The molecule has 1 aromatic carbocycles. The van der Waals surface area contributed by atoms with Gasteiger partial charge in [-0.25, -0.2) is 0 Å². The van der Waals surface area contributed by atoms with E-state index >= 15 is 0 Å². The second-order valence-electron chi connectivity index (χ2n) is 2.95. The summed E-state index contributed by atoms with van der Waals surface area (Å²) >= 11 is 0. The van der Waals surface area contributed by atoms with E-state index in [4.69, 9.17) is 12.2 Å². The number of rotatable bonds is 2. The van der Waals surface area contributed by atoms with Crippen LogP contribution in [0, 0.1) is 12.3 Å². The van der Waals surface area contributed by atoms with Crippen molar-refractivity contribution in [2.45, 2.75) is 13.0 Å². The van der Waals surface area contributed by atoms with E-state index in [0.29, 0.717) is 0 Å². The Morgan fingerprint density at radius 2 is 2.15 bits per heavy atom. The molecule has 66 valence electrons. The molecule has 0 aliphatic carbocycles. The van der Waals surface area contributed by atoms with Crippen LogP contribution < -0.4 is 5.73 Å². The van der Waals surface area contributed by atoms with Crippen molar-refractivity contribution in [3.05, 3.63) is 41.5 Å². The van der Waals surface area contributed by atoms with Gasteiger partial charge in [-0.1, -0.05) is 36.3 Å². The molecule has 0 aromatic heterocycles. The van der Waals surface area contributed by atoms with Crippen molar-refractivity contribution in [1.29, 1.82) is 0 Å². The predicted molar refractivity (Wildman–Crippen MR) is 57.1 cm³/mol. The standard InChI is InChI=1S/C12H13N/c1-3-11-6-4-5-7-12(11)9-8-10(2)13/h1,4-10H,13H2,2H3/b9-8+. The van der Waals surface area contributed by atoms with Crippen molar-refractivity contribution in [3.8, 4) is 12.3 Å². The normalized spacial score (nSPS) is 12.7. The fourth-order valence-corrected chi connectivity index (χ4v) is 1.03. The molecule has 0 saturated carbocycles. The Hall–Kier alpha value is -1.52. The number of benzene rings is 1. The summed E-state index contributed by atoms with van der Waals surface area (Å²) in [5.41, 5.74) is 7.54. The van der Waals surface area contributed by atoms with Crippen LogP contribution in [0.15, 0.2) is 30.3 Å². The third kappa shape index (κ3) is 2.77. The van der Waals surface area contributed by atoms with Crippen LogP contribution in [0.25, 0.3) is 6.08 Å². The van der Waals surface area contributed by atoms with Gasteiger partial charge in [-0.2, -0.15) is 0 Å². The van der Waals surface area contributed by atoms with E-state index < -0.39 is 0 Å². The summed E-state index contributed by atoms with van der Waals surface area (Å²) in [6.07, 6.45) is 9.23. The van der Waals surface area contributed by atoms with Crippen LogP contribution in [0.2, 0.25) is 0 Å². The van der Waals surface area contributed by atoms with Crippen molar-refractivity contribution in [1.82, 2.24) is 0 Å². The lowest BCUT2D eigenvalue weighted by molar-refractivity contribution is 0.931. The Morgan fingerprint density at radius 3 is 2.77 bits per heavy atom. The molecular formula is C12H13N. The van der Waals surface area contributed by atoms with Crippen molar-refractivity contribution < 1.29 is 0 Å². The molecule has 0 spiro atoms. The van der Waals surface area contributed by atoms with Gasteiger partial charge in [0.15, 0.2) is 0 Å². The zero-order valence-electron chi connectivity index (χ0n) is 7.70. The minimum Gasteiger partial charge on any atom is -0.325 e. The van der Waals surface area contributed by atoms with E-state index in [1.165, 1.54) is 0 Å². The first kappa shape index (κ1) is 9.57. The topological polar surface area (TPSA) is 26.0 Å². The molecule has 0 amide bonds. The molecule has 0 radical (unpaired) electrons. The Labute approximate surface area is 79.3 Å². The summed E-state index contributed by atoms with van der Waals surface area (Å²) in [6, 6.07) is 7.85. The van der Waals surface area contributed by atoms with E-state index in [0.717, 1.165) is 11.1 Å². The molecule has 0 saturated heterocycles. The van der Waals surface area contributed by atoms with Gasteiger partial charge < -0.3 is 5.73 Å². The fraction of sp³-hybridized carbons (Fsp3) is 0.167. The Morgan fingerprint density at radius 1 is 1.46 bits per heavy atom. The highest BCUT2D eigenvalue weighted by atomic mass is 14.6. The molecule has 13 heavy (non-hydrogen) atoms. The molecule has 1 heteroatoms. The number of nitrogens with two attached hydrogens (primary N) is 1. The maximum atomic E-state index is 5.59. The first-order chi connectivity index (χ1) is 6.24. The van der Waals surface area contributed by atoms with E-state index in [2.05, 4.69) is 5.92 Å². The van der Waals surface area contributed by atoms with Gasteiger partial charge in [0.25, 0.3) is 0 Å². The minimum absolute atomic E-state index is 0.0610. The van der Waals surface area contributed by atoms with Gasteiger partial charge in [0.05, 0.1) is 0 Å². The van der Waals surface area contributed by atoms with Crippen LogP contribution in [-0.4, -0.2) is 6.04 Å². The quantitative estimate of drug-likeness (QED) is 0.677. The van der Waals surface area contributed by atoms with Crippen molar-refractivity contribution in [2.24, 2.45) is 5.73 Å². The monoisotopic (exact) mass is 171 g/mol. The SMILES string of the molecule is C#Cc1ccccc1/C=C/C(C)N. The summed E-state index contributed by atoms with van der Waals surface area (Å²) in [5, 5.41) is 0. The number of hydrogen-bond acceptors (Lipinski definition) is 1. The summed E-state index contributed by atoms with van der Waals surface area (Å²) in [7, 11) is 0. The third-order valence-electron chi connectivity index (χ3n) is 1.70. The second-order valence-corrected chi connectivity index (χ2v) is 2.95. The van der Waals surface area contributed by atoms with Gasteiger partial charge in [-0.05, 0) is 18.6 Å². The van der Waals surface area contributed by atoms with Crippen LogP contribution in [-0.2, 0) is 0 Å². The lowest BCUT2D eigenvalue weighted by atomic mass is 10.1. The van der Waals surface area contributed by atoms with Crippen LogP contribution in [0.5, 0.6) is 0 Å². The molecule has 1 rings (SSSR count). The average molecular weight is 171 g/mol. The summed E-state index contributed by atoms with van der Waals surface area (Å²) in [6.45, 7) is 1.93. The van der Waals surface area contributed by atoms with Crippen molar-refractivity contribution in [2.75, 3.05) is 0 Å². The van der Waals surface area contributed by atoms with Crippen LogP contribution in [0.3, 0.4) is 0 Å². The highest BCUT2D eigenvalue weighted by Gasteiger charge is 1.93. The molecule has 0 fully saturated rings. The van der Waals surface area contributed by atoms with E-state index in [-0.39, 0.29) is 6.04 Å². The molecule has 0 aliphatic rings. The number of hydrogen-bond donors (Lipinski definition) is 1. The van der Waals surface area contributed by atoms with Crippen molar-refractivity contribution in [3.63, 3.8) is 0 Å². The molecule has 1 nitrogen and oxygen atoms in total. The predicted octanol–water partition coefficient (Wildman–Crippen LogP) is 2.03. The second kappa shape index (κ2) is 4.49. The Balaban J connectivity index is 2.95. The molecule has 0 aliphatic heterocycles. The molecule has 0 heterocycles. The highest BCUT2D eigenvalue weighted by molar-refractivity contribution is 5.58. The van der Waals surface area contributed by atoms with Gasteiger partial charge in [0.1, 0.15) is 0 Å². The maximum Gasteiger partial charge on any atom is 0.0314 e. The van der Waals surface area contributed by atoms with Crippen LogP contribution in [0.4, 0.5) is 0 Å². The molecule has 1 atom stereocenters. The minimum atomic E-state index is 0.0610. The van der Waals surface area contributed by atoms with Crippen LogP contribution in [0.1, 0.15) is 18.1 Å². The fourth-order valence-electron chi connectivity index (χ4n) is 1.03.